The number of nitrogens with one attached hydrogen (secondary N) is 1. The number of carbonyl (C=O) groups is 2. The summed E-state index contributed by atoms with van der Waals surface area (Å²) < 4.78 is 12.4. The number of benzene rings is 2. The number of carbonyl (C=O) groups excluding carboxylic acids is 2. The molecule has 1 heterocycles. The van der Waals surface area contributed by atoms with Gasteiger partial charge in [-0.2, -0.15) is 0 Å². The molecule has 2 aromatic carbocycles. The van der Waals surface area contributed by atoms with Crippen LogP contribution in [0.3, 0.4) is 0 Å². The van der Waals surface area contributed by atoms with Crippen molar-refractivity contribution in [3.05, 3.63) is 54.3 Å². The summed E-state index contributed by atoms with van der Waals surface area (Å²) in [5.74, 6) is -1.42. The first-order valence-corrected chi connectivity index (χ1v) is 7.87. The van der Waals surface area contributed by atoms with Crippen molar-refractivity contribution in [2.75, 3.05) is 17.3 Å². The Balaban J connectivity index is 1.94. The summed E-state index contributed by atoms with van der Waals surface area (Å²) in [6.45, 7) is 1.56. The monoisotopic (exact) mass is 330 g/mol. The van der Waals surface area contributed by atoms with E-state index in [1.54, 1.807) is 20.0 Å². The predicted molar refractivity (Wildman–Crippen MR) is 89.1 cm³/mol. The number of rotatable bonds is 2. The molecule has 4 nitrogen and oxygen atoms in total. The average Bonchev–Trinajstić information content (AvgIpc) is 2.55. The fourth-order valence-electron chi connectivity index (χ4n) is 2.46. The Morgan fingerprint density at radius 1 is 1.17 bits per heavy atom. The van der Waals surface area contributed by atoms with Crippen LogP contribution in [0.15, 0.2) is 53.4 Å². The van der Waals surface area contributed by atoms with Gasteiger partial charge < -0.3 is 10.2 Å². The molecule has 2 aromatic rings. The van der Waals surface area contributed by atoms with Gasteiger partial charge in [0.2, 0.25) is 5.91 Å². The minimum atomic E-state index is -1.36. The third-order valence-corrected chi connectivity index (χ3v) is 5.14. The molecule has 0 aromatic heterocycles. The summed E-state index contributed by atoms with van der Waals surface area (Å²) in [5.41, 5.74) is 0.826. The molecule has 0 saturated carbocycles. The van der Waals surface area contributed by atoms with Crippen molar-refractivity contribution in [2.24, 2.45) is 0 Å². The van der Waals surface area contributed by atoms with Gasteiger partial charge in [0.1, 0.15) is 5.82 Å². The molecule has 0 aliphatic carbocycles. The van der Waals surface area contributed by atoms with Gasteiger partial charge in [-0.3, -0.25) is 9.59 Å². The maximum absolute atomic E-state index is 13.7. The van der Waals surface area contributed by atoms with Crippen LogP contribution in [0.25, 0.3) is 0 Å². The van der Waals surface area contributed by atoms with E-state index in [0.717, 1.165) is 10.6 Å². The van der Waals surface area contributed by atoms with Crippen LogP contribution in [0.4, 0.5) is 15.8 Å². The number of fused-ring (bicyclic) bond motifs is 1. The lowest BCUT2D eigenvalue weighted by Gasteiger charge is -2.36. The Bertz CT molecular complexity index is 796. The fourth-order valence-corrected chi connectivity index (χ4v) is 3.73. The van der Waals surface area contributed by atoms with Gasteiger partial charge >= 0.3 is 0 Å². The number of thioether (sulfide) groups is 1. The summed E-state index contributed by atoms with van der Waals surface area (Å²) in [7, 11) is 1.63. The molecule has 2 amide bonds. The van der Waals surface area contributed by atoms with Gasteiger partial charge in [0.15, 0.2) is 4.75 Å². The standard InChI is InChI=1S/C17H15FN2O2S/c1-17(15(21)19-12-8-4-3-7-11(12)18)16(22)20(2)13-9-5-6-10-14(13)23-17/h3-10H,1-2H3,(H,19,21). The minimum absolute atomic E-state index is 0.0636. The van der Waals surface area contributed by atoms with E-state index in [1.807, 2.05) is 24.3 Å². The number of amides is 2. The highest BCUT2D eigenvalue weighted by atomic mass is 32.2. The summed E-state index contributed by atoms with van der Waals surface area (Å²) in [4.78, 5) is 27.6. The van der Waals surface area contributed by atoms with E-state index in [4.69, 9.17) is 0 Å². The lowest BCUT2D eigenvalue weighted by molar-refractivity contribution is -0.128. The van der Waals surface area contributed by atoms with E-state index < -0.39 is 16.5 Å². The molecule has 1 unspecified atom stereocenters. The largest absolute Gasteiger partial charge is 0.322 e. The highest BCUT2D eigenvalue weighted by Crippen LogP contribution is 2.45. The van der Waals surface area contributed by atoms with Crippen LogP contribution in [0.2, 0.25) is 0 Å². The SMILES string of the molecule is CN1C(=O)C(C)(C(=O)Nc2ccccc2F)Sc2ccccc21. The predicted octanol–water partition coefficient (Wildman–Crippen LogP) is 3.29. The lowest BCUT2D eigenvalue weighted by Crippen LogP contribution is -2.53. The van der Waals surface area contributed by atoms with Gasteiger partial charge in [0, 0.05) is 11.9 Å². The van der Waals surface area contributed by atoms with Gasteiger partial charge in [-0.1, -0.05) is 36.0 Å². The van der Waals surface area contributed by atoms with Crippen LogP contribution in [0.5, 0.6) is 0 Å². The Morgan fingerprint density at radius 2 is 1.83 bits per heavy atom. The third kappa shape index (κ3) is 2.59. The molecular weight excluding hydrogens is 315 g/mol. The van der Waals surface area contributed by atoms with Gasteiger partial charge in [0.25, 0.3) is 5.91 Å². The molecule has 1 N–H and O–H groups in total. The maximum atomic E-state index is 13.7. The highest BCUT2D eigenvalue weighted by molar-refractivity contribution is 8.02. The quantitative estimate of drug-likeness (QED) is 0.860. The first-order valence-electron chi connectivity index (χ1n) is 7.05. The molecular formula is C17H15FN2O2S. The molecule has 23 heavy (non-hydrogen) atoms. The summed E-state index contributed by atoms with van der Waals surface area (Å²) >= 11 is 1.18. The van der Waals surface area contributed by atoms with Crippen LogP contribution in [-0.2, 0) is 9.59 Å². The molecule has 0 saturated heterocycles. The molecule has 6 heteroatoms. The lowest BCUT2D eigenvalue weighted by atomic mass is 10.1. The van der Waals surface area contributed by atoms with Crippen LogP contribution in [0.1, 0.15) is 6.92 Å². The number of para-hydroxylation sites is 2. The molecule has 0 radical (unpaired) electrons. The first kappa shape index (κ1) is 15.6. The second-order valence-electron chi connectivity index (χ2n) is 5.40. The topological polar surface area (TPSA) is 49.4 Å². The van der Waals surface area contributed by atoms with E-state index in [9.17, 15) is 14.0 Å². The molecule has 0 fully saturated rings. The molecule has 118 valence electrons. The number of halogens is 1. The average molecular weight is 330 g/mol. The smallest absolute Gasteiger partial charge is 0.252 e. The Morgan fingerprint density at radius 3 is 2.57 bits per heavy atom. The number of nitrogens with zero attached hydrogens (tertiary/aromatic N) is 1. The first-order chi connectivity index (χ1) is 10.9. The molecule has 0 spiro atoms. The van der Waals surface area contributed by atoms with Crippen molar-refractivity contribution in [3.63, 3.8) is 0 Å². The molecule has 0 bridgehead atoms. The van der Waals surface area contributed by atoms with E-state index >= 15 is 0 Å². The minimum Gasteiger partial charge on any atom is -0.322 e. The van der Waals surface area contributed by atoms with Crippen molar-refractivity contribution in [3.8, 4) is 0 Å². The van der Waals surface area contributed by atoms with Crippen molar-refractivity contribution in [1.29, 1.82) is 0 Å². The summed E-state index contributed by atoms with van der Waals surface area (Å²) in [5, 5.41) is 2.52. The number of hydrogen-bond donors (Lipinski definition) is 1. The Hall–Kier alpha value is -2.34. The van der Waals surface area contributed by atoms with E-state index in [-0.39, 0.29) is 11.6 Å². The normalized spacial score (nSPS) is 20.1. The van der Waals surface area contributed by atoms with Crippen LogP contribution in [-0.4, -0.2) is 23.6 Å². The summed E-state index contributed by atoms with van der Waals surface area (Å²) in [6.07, 6.45) is 0. The van der Waals surface area contributed by atoms with E-state index in [1.165, 1.54) is 34.9 Å². The molecule has 1 atom stereocenters. The van der Waals surface area contributed by atoms with Crippen molar-refractivity contribution < 1.29 is 14.0 Å². The zero-order valence-electron chi connectivity index (χ0n) is 12.7. The van der Waals surface area contributed by atoms with Gasteiger partial charge in [-0.25, -0.2) is 4.39 Å². The van der Waals surface area contributed by atoms with Crippen LogP contribution < -0.4 is 10.2 Å². The van der Waals surface area contributed by atoms with Crippen LogP contribution >= 0.6 is 11.8 Å². The van der Waals surface area contributed by atoms with E-state index in [0.29, 0.717) is 0 Å². The third-order valence-electron chi connectivity index (χ3n) is 3.81. The molecule has 1 aliphatic rings. The van der Waals surface area contributed by atoms with Crippen molar-refractivity contribution >= 4 is 35.0 Å². The zero-order valence-corrected chi connectivity index (χ0v) is 13.5. The zero-order chi connectivity index (χ0) is 16.6. The van der Waals surface area contributed by atoms with Gasteiger partial charge in [-0.05, 0) is 31.2 Å². The number of anilines is 2. The number of hydrogen-bond acceptors (Lipinski definition) is 3. The maximum Gasteiger partial charge on any atom is 0.252 e. The summed E-state index contributed by atoms with van der Waals surface area (Å²) in [6, 6.07) is 13.3. The second kappa shape index (κ2) is 5.70. The highest BCUT2D eigenvalue weighted by Gasteiger charge is 2.48. The Labute approximate surface area is 137 Å². The van der Waals surface area contributed by atoms with E-state index in [2.05, 4.69) is 5.32 Å². The van der Waals surface area contributed by atoms with Crippen molar-refractivity contribution in [2.45, 2.75) is 16.6 Å². The second-order valence-corrected chi connectivity index (χ2v) is 6.86. The molecule has 3 rings (SSSR count). The Kier molecular flexibility index (Phi) is 3.85. The van der Waals surface area contributed by atoms with Gasteiger partial charge in [-0.15, -0.1) is 0 Å². The van der Waals surface area contributed by atoms with Crippen LogP contribution in [0, 0.1) is 5.82 Å². The fraction of sp³-hybridized carbons (Fsp3) is 0.176. The van der Waals surface area contributed by atoms with Gasteiger partial charge in [0.05, 0.1) is 11.4 Å². The molecule has 1 aliphatic heterocycles. The van der Waals surface area contributed by atoms with Crippen molar-refractivity contribution in [1.82, 2.24) is 0 Å².